The number of nitriles is 1. The molecule has 1 aromatic heterocycles. The summed E-state index contributed by atoms with van der Waals surface area (Å²) in [6, 6.07) is 19.0. The number of carbonyl (C=O) groups is 1. The Labute approximate surface area is 208 Å². The number of anilines is 1. The van der Waals surface area contributed by atoms with Crippen LogP contribution in [0.25, 0.3) is 10.9 Å². The Hall–Kier alpha value is -3.33. The maximum atomic E-state index is 13.7. The normalized spacial score (nSPS) is 19.9. The smallest absolute Gasteiger partial charge is 0.162 e. The summed E-state index contributed by atoms with van der Waals surface area (Å²) in [5.41, 5.74) is 10.1. The number of halogens is 2. The molecule has 0 spiro atoms. The SMILES string of the molecule is CC1(C)CC(=O)C2=C(C1)N(c1ccccc1)C(N)=C(C#N)C2c1cc2cc(Cl)ccc2nc1Cl. The number of aromatic nitrogens is 1. The molecule has 0 amide bonds. The number of carbonyl (C=O) groups excluding carboxylic acids is 1. The highest BCUT2D eigenvalue weighted by Gasteiger charge is 2.45. The van der Waals surface area contributed by atoms with E-state index < -0.39 is 5.92 Å². The van der Waals surface area contributed by atoms with Gasteiger partial charge in [-0.15, -0.1) is 0 Å². The molecule has 1 aliphatic carbocycles. The Morgan fingerprint density at radius 2 is 1.85 bits per heavy atom. The number of fused-ring (bicyclic) bond motifs is 1. The summed E-state index contributed by atoms with van der Waals surface area (Å²) in [6.45, 7) is 4.14. The van der Waals surface area contributed by atoms with E-state index in [1.807, 2.05) is 41.3 Å². The van der Waals surface area contributed by atoms with Gasteiger partial charge in [-0.1, -0.05) is 55.2 Å². The quantitative estimate of drug-likeness (QED) is 0.417. The number of hydrogen-bond acceptors (Lipinski definition) is 5. The number of Topliss-reactive ketones (excluding diaryl/α,β-unsaturated/α-hetero) is 1. The van der Waals surface area contributed by atoms with Crippen LogP contribution in [0.2, 0.25) is 10.2 Å². The Bertz CT molecular complexity index is 1450. The second kappa shape index (κ2) is 8.16. The summed E-state index contributed by atoms with van der Waals surface area (Å²) in [5.74, 6) is -0.420. The average molecular weight is 489 g/mol. The van der Waals surface area contributed by atoms with E-state index in [0.717, 1.165) is 16.8 Å². The van der Waals surface area contributed by atoms with Crippen molar-refractivity contribution in [3.05, 3.63) is 93.0 Å². The molecule has 1 unspecified atom stereocenters. The van der Waals surface area contributed by atoms with Gasteiger partial charge in [0.15, 0.2) is 5.78 Å². The van der Waals surface area contributed by atoms with Gasteiger partial charge in [-0.2, -0.15) is 5.26 Å². The van der Waals surface area contributed by atoms with Crippen LogP contribution in [0, 0.1) is 16.7 Å². The fourth-order valence-electron chi connectivity index (χ4n) is 5.03. The first-order chi connectivity index (χ1) is 16.2. The maximum absolute atomic E-state index is 13.7. The van der Waals surface area contributed by atoms with Gasteiger partial charge in [-0.25, -0.2) is 4.98 Å². The summed E-state index contributed by atoms with van der Waals surface area (Å²) in [7, 11) is 0. The molecular formula is C27H22Cl2N4O. The van der Waals surface area contributed by atoms with Crippen molar-refractivity contribution < 1.29 is 4.79 Å². The fraction of sp³-hybridized carbons (Fsp3) is 0.222. The molecule has 0 saturated carbocycles. The number of allylic oxidation sites excluding steroid dienone is 3. The summed E-state index contributed by atoms with van der Waals surface area (Å²) in [5, 5.41) is 11.8. The highest BCUT2D eigenvalue weighted by Crippen LogP contribution is 2.51. The third kappa shape index (κ3) is 3.64. The third-order valence-corrected chi connectivity index (χ3v) is 7.00. The zero-order valence-corrected chi connectivity index (χ0v) is 20.3. The summed E-state index contributed by atoms with van der Waals surface area (Å²) in [4.78, 5) is 20.1. The average Bonchev–Trinajstić information content (AvgIpc) is 2.78. The molecule has 3 aromatic rings. The molecule has 2 aromatic carbocycles. The molecule has 170 valence electrons. The van der Waals surface area contributed by atoms with Gasteiger partial charge in [0.2, 0.25) is 0 Å². The van der Waals surface area contributed by atoms with E-state index >= 15 is 0 Å². The zero-order chi connectivity index (χ0) is 24.2. The number of rotatable bonds is 2. The first-order valence-corrected chi connectivity index (χ1v) is 11.7. The molecule has 0 bridgehead atoms. The van der Waals surface area contributed by atoms with Crippen LogP contribution < -0.4 is 10.6 Å². The first-order valence-electron chi connectivity index (χ1n) is 11.0. The van der Waals surface area contributed by atoms with Crippen LogP contribution in [0.3, 0.4) is 0 Å². The van der Waals surface area contributed by atoms with E-state index in [-0.39, 0.29) is 21.9 Å². The van der Waals surface area contributed by atoms with Crippen molar-refractivity contribution in [1.29, 1.82) is 5.26 Å². The summed E-state index contributed by atoms with van der Waals surface area (Å²) >= 11 is 12.9. The minimum Gasteiger partial charge on any atom is -0.384 e. The molecule has 0 saturated heterocycles. The van der Waals surface area contributed by atoms with E-state index in [0.29, 0.717) is 40.3 Å². The lowest BCUT2D eigenvalue weighted by atomic mass is 9.68. The predicted octanol–water partition coefficient (Wildman–Crippen LogP) is 6.48. The van der Waals surface area contributed by atoms with Crippen molar-refractivity contribution in [2.45, 2.75) is 32.6 Å². The number of benzene rings is 2. The van der Waals surface area contributed by atoms with Crippen molar-refractivity contribution in [2.24, 2.45) is 11.1 Å². The van der Waals surface area contributed by atoms with Gasteiger partial charge < -0.3 is 5.73 Å². The molecule has 5 nitrogen and oxygen atoms in total. The number of ketones is 1. The minimum absolute atomic E-state index is 0.0142. The van der Waals surface area contributed by atoms with Crippen molar-refractivity contribution in [2.75, 3.05) is 4.90 Å². The van der Waals surface area contributed by atoms with Crippen LogP contribution in [0.15, 0.2) is 77.3 Å². The van der Waals surface area contributed by atoms with Crippen molar-refractivity contribution >= 4 is 45.6 Å². The molecular weight excluding hydrogens is 467 g/mol. The van der Waals surface area contributed by atoms with Gasteiger partial charge in [0.05, 0.1) is 23.1 Å². The van der Waals surface area contributed by atoms with Crippen molar-refractivity contribution in [3.63, 3.8) is 0 Å². The molecule has 0 radical (unpaired) electrons. The molecule has 34 heavy (non-hydrogen) atoms. The highest BCUT2D eigenvalue weighted by atomic mass is 35.5. The van der Waals surface area contributed by atoms with E-state index in [4.69, 9.17) is 28.9 Å². The van der Waals surface area contributed by atoms with Crippen LogP contribution in [-0.2, 0) is 4.79 Å². The van der Waals surface area contributed by atoms with Crippen LogP contribution in [0.1, 0.15) is 38.2 Å². The topological polar surface area (TPSA) is 83.0 Å². The zero-order valence-electron chi connectivity index (χ0n) is 18.8. The lowest BCUT2D eigenvalue weighted by Crippen LogP contribution is -2.42. The Morgan fingerprint density at radius 1 is 1.12 bits per heavy atom. The Morgan fingerprint density at radius 3 is 2.56 bits per heavy atom. The number of para-hydroxylation sites is 1. The molecule has 2 heterocycles. The lowest BCUT2D eigenvalue weighted by molar-refractivity contribution is -0.118. The second-order valence-electron chi connectivity index (χ2n) is 9.52. The van der Waals surface area contributed by atoms with Gasteiger partial charge in [0.25, 0.3) is 0 Å². The monoisotopic (exact) mass is 488 g/mol. The lowest BCUT2D eigenvalue weighted by Gasteiger charge is -2.43. The third-order valence-electron chi connectivity index (χ3n) is 6.46. The number of nitrogens with zero attached hydrogens (tertiary/aromatic N) is 3. The standard InChI is InChI=1S/C27H22Cl2N4O/c1-27(2)12-21-24(22(34)13-27)23(18-11-15-10-16(28)8-9-20(15)32-25(18)29)19(14-30)26(31)33(21)17-6-4-3-5-7-17/h3-11,23H,12-13,31H2,1-2H3. The van der Waals surface area contributed by atoms with Gasteiger partial charge in [0, 0.05) is 39.4 Å². The van der Waals surface area contributed by atoms with Crippen LogP contribution in [-0.4, -0.2) is 10.8 Å². The number of hydrogen-bond donors (Lipinski definition) is 1. The second-order valence-corrected chi connectivity index (χ2v) is 10.3. The predicted molar refractivity (Wildman–Crippen MR) is 135 cm³/mol. The van der Waals surface area contributed by atoms with Crippen LogP contribution in [0.5, 0.6) is 0 Å². The van der Waals surface area contributed by atoms with Gasteiger partial charge in [0.1, 0.15) is 11.0 Å². The van der Waals surface area contributed by atoms with Crippen molar-refractivity contribution in [1.82, 2.24) is 4.98 Å². The number of pyridine rings is 1. The minimum atomic E-state index is -0.702. The Kier molecular flexibility index (Phi) is 5.39. The van der Waals surface area contributed by atoms with Gasteiger partial charge in [-0.3, -0.25) is 9.69 Å². The molecule has 1 atom stereocenters. The summed E-state index contributed by atoms with van der Waals surface area (Å²) < 4.78 is 0. The van der Waals surface area contributed by atoms with Gasteiger partial charge in [-0.05, 0) is 48.2 Å². The van der Waals surface area contributed by atoms with Crippen LogP contribution >= 0.6 is 23.2 Å². The molecule has 2 N–H and O–H groups in total. The maximum Gasteiger partial charge on any atom is 0.162 e. The molecule has 5 rings (SSSR count). The van der Waals surface area contributed by atoms with E-state index in [1.54, 1.807) is 18.2 Å². The molecule has 1 aliphatic heterocycles. The van der Waals surface area contributed by atoms with E-state index in [9.17, 15) is 10.1 Å². The molecule has 0 fully saturated rings. The summed E-state index contributed by atoms with van der Waals surface area (Å²) in [6.07, 6.45) is 0.997. The highest BCUT2D eigenvalue weighted by molar-refractivity contribution is 6.32. The van der Waals surface area contributed by atoms with Crippen molar-refractivity contribution in [3.8, 4) is 6.07 Å². The fourth-order valence-corrected chi connectivity index (χ4v) is 5.47. The molecule has 7 heteroatoms. The number of nitrogens with two attached hydrogens (primary N) is 1. The largest absolute Gasteiger partial charge is 0.384 e. The van der Waals surface area contributed by atoms with E-state index in [1.165, 1.54) is 0 Å². The first kappa shape index (κ1) is 22.5. The van der Waals surface area contributed by atoms with Gasteiger partial charge >= 0.3 is 0 Å². The molecule has 2 aliphatic rings. The van der Waals surface area contributed by atoms with E-state index in [2.05, 4.69) is 24.9 Å². The van der Waals surface area contributed by atoms with Crippen LogP contribution in [0.4, 0.5) is 5.69 Å². The Balaban J connectivity index is 1.81.